The Bertz CT molecular complexity index is 687. The average Bonchev–Trinajstić information content (AvgIpc) is 2.76. The molecule has 1 heterocycles. The van der Waals surface area contributed by atoms with Gasteiger partial charge in [0.15, 0.2) is 5.78 Å². The number of methoxy groups -OCH3 is 1. The topological polar surface area (TPSA) is 44.1 Å². The van der Waals surface area contributed by atoms with Crippen molar-refractivity contribution in [3.8, 4) is 5.75 Å². The van der Waals surface area contributed by atoms with E-state index in [-0.39, 0.29) is 17.0 Å². The second kappa shape index (κ2) is 5.91. The summed E-state index contributed by atoms with van der Waals surface area (Å²) in [5.41, 5.74) is 1.84. The third-order valence-corrected chi connectivity index (χ3v) is 3.22. The van der Waals surface area contributed by atoms with Crippen LogP contribution in [0.2, 0.25) is 0 Å². The molecule has 0 saturated heterocycles. The summed E-state index contributed by atoms with van der Waals surface area (Å²) in [5, 5.41) is 4.25. The number of rotatable bonds is 5. The van der Waals surface area contributed by atoms with E-state index < -0.39 is 5.83 Å². The fourth-order valence-electron chi connectivity index (χ4n) is 2.28. The van der Waals surface area contributed by atoms with Gasteiger partial charge in [-0.05, 0) is 24.6 Å². The number of benzene rings is 1. The third-order valence-electron chi connectivity index (χ3n) is 3.22. The number of ketones is 1. The van der Waals surface area contributed by atoms with Crippen molar-refractivity contribution in [3.05, 3.63) is 53.4 Å². The van der Waals surface area contributed by atoms with Crippen molar-refractivity contribution < 1.29 is 13.9 Å². The first-order chi connectivity index (χ1) is 9.93. The molecule has 4 nitrogen and oxygen atoms in total. The molecule has 0 bridgehead atoms. The van der Waals surface area contributed by atoms with E-state index in [4.69, 9.17) is 4.74 Å². The van der Waals surface area contributed by atoms with E-state index in [0.29, 0.717) is 12.2 Å². The monoisotopic (exact) mass is 288 g/mol. The molecule has 110 valence electrons. The molecule has 0 aliphatic carbocycles. The molecular formula is C16H17FN2O2. The minimum absolute atomic E-state index is 0.191. The van der Waals surface area contributed by atoms with Gasteiger partial charge >= 0.3 is 0 Å². The van der Waals surface area contributed by atoms with E-state index in [1.165, 1.54) is 11.6 Å². The summed E-state index contributed by atoms with van der Waals surface area (Å²) in [5.74, 6) is -0.128. The van der Waals surface area contributed by atoms with Crippen LogP contribution in [0.4, 0.5) is 4.39 Å². The molecule has 0 unspecified atom stereocenters. The van der Waals surface area contributed by atoms with Gasteiger partial charge in [-0.15, -0.1) is 0 Å². The van der Waals surface area contributed by atoms with Gasteiger partial charge in [0, 0.05) is 6.92 Å². The Morgan fingerprint density at radius 2 is 2.00 bits per heavy atom. The Balaban J connectivity index is 2.41. The molecule has 0 radical (unpaired) electrons. The van der Waals surface area contributed by atoms with Gasteiger partial charge in [-0.3, -0.25) is 9.48 Å². The van der Waals surface area contributed by atoms with E-state index in [2.05, 4.69) is 11.7 Å². The summed E-state index contributed by atoms with van der Waals surface area (Å²) in [6, 6.07) is 7.41. The summed E-state index contributed by atoms with van der Waals surface area (Å²) < 4.78 is 20.2. The molecule has 0 fully saturated rings. The van der Waals surface area contributed by atoms with Gasteiger partial charge < -0.3 is 4.74 Å². The smallest absolute Gasteiger partial charge is 0.178 e. The number of nitrogens with zero attached hydrogens (tertiary/aromatic N) is 2. The van der Waals surface area contributed by atoms with Crippen molar-refractivity contribution in [2.24, 2.45) is 0 Å². The summed E-state index contributed by atoms with van der Waals surface area (Å²) in [6.07, 6.45) is 0. The highest BCUT2D eigenvalue weighted by atomic mass is 19.1. The first-order valence-electron chi connectivity index (χ1n) is 6.50. The van der Waals surface area contributed by atoms with Crippen LogP contribution in [0.3, 0.4) is 0 Å². The highest BCUT2D eigenvalue weighted by Gasteiger charge is 2.21. The van der Waals surface area contributed by atoms with Gasteiger partial charge in [0.2, 0.25) is 0 Å². The number of Topliss-reactive ketones (excluding diaryl/α,β-unsaturated/α-hetero) is 1. The molecule has 0 amide bonds. The molecule has 2 aromatic rings. The SMILES string of the molecule is C=C(F)c1c(C)nn(Cc2ccc(OC)cc2)c1C(C)=O. The summed E-state index contributed by atoms with van der Waals surface area (Å²) in [6.45, 7) is 6.73. The number of carbonyl (C=O) groups is 1. The Hall–Kier alpha value is -2.43. The summed E-state index contributed by atoms with van der Waals surface area (Å²) in [4.78, 5) is 11.8. The zero-order valence-corrected chi connectivity index (χ0v) is 12.3. The summed E-state index contributed by atoms with van der Waals surface area (Å²) in [7, 11) is 1.60. The zero-order chi connectivity index (χ0) is 15.6. The van der Waals surface area contributed by atoms with Gasteiger partial charge in [-0.1, -0.05) is 18.7 Å². The highest BCUT2D eigenvalue weighted by molar-refractivity contribution is 5.97. The van der Waals surface area contributed by atoms with Gasteiger partial charge in [0.05, 0.1) is 24.9 Å². The maximum absolute atomic E-state index is 13.5. The van der Waals surface area contributed by atoms with Crippen molar-refractivity contribution in [3.63, 3.8) is 0 Å². The molecule has 21 heavy (non-hydrogen) atoms. The van der Waals surface area contributed by atoms with E-state index >= 15 is 0 Å². The van der Waals surface area contributed by atoms with Crippen molar-refractivity contribution in [2.45, 2.75) is 20.4 Å². The van der Waals surface area contributed by atoms with Gasteiger partial charge in [-0.25, -0.2) is 4.39 Å². The molecule has 0 aliphatic heterocycles. The molecule has 5 heteroatoms. The highest BCUT2D eigenvalue weighted by Crippen LogP contribution is 2.24. The van der Waals surface area contributed by atoms with Crippen LogP contribution in [0.25, 0.3) is 5.83 Å². The molecule has 0 saturated carbocycles. The van der Waals surface area contributed by atoms with Crippen molar-refractivity contribution in [1.29, 1.82) is 0 Å². The molecule has 2 rings (SSSR count). The number of halogens is 1. The number of ether oxygens (including phenoxy) is 1. The second-order valence-corrected chi connectivity index (χ2v) is 4.78. The summed E-state index contributed by atoms with van der Waals surface area (Å²) >= 11 is 0. The minimum Gasteiger partial charge on any atom is -0.497 e. The Labute approximate surface area is 122 Å². The maximum Gasteiger partial charge on any atom is 0.178 e. The predicted octanol–water partition coefficient (Wildman–Crippen LogP) is 3.39. The first-order valence-corrected chi connectivity index (χ1v) is 6.50. The van der Waals surface area contributed by atoms with Gasteiger partial charge in [0.1, 0.15) is 17.3 Å². The van der Waals surface area contributed by atoms with Crippen LogP contribution < -0.4 is 4.74 Å². The number of hydrogen-bond acceptors (Lipinski definition) is 3. The lowest BCUT2D eigenvalue weighted by Gasteiger charge is -2.07. The van der Waals surface area contributed by atoms with Crippen molar-refractivity contribution >= 4 is 11.6 Å². The molecule has 0 spiro atoms. The Kier molecular flexibility index (Phi) is 4.21. The van der Waals surface area contributed by atoms with Crippen LogP contribution >= 0.6 is 0 Å². The zero-order valence-electron chi connectivity index (χ0n) is 12.3. The lowest BCUT2D eigenvalue weighted by Crippen LogP contribution is -2.10. The molecule has 1 aromatic carbocycles. The molecule has 0 N–H and O–H groups in total. The normalized spacial score (nSPS) is 10.5. The average molecular weight is 288 g/mol. The fourth-order valence-corrected chi connectivity index (χ4v) is 2.28. The molecular weight excluding hydrogens is 271 g/mol. The third kappa shape index (κ3) is 3.02. The molecule has 0 aliphatic rings. The van der Waals surface area contributed by atoms with Crippen LogP contribution in [0.5, 0.6) is 5.75 Å². The largest absolute Gasteiger partial charge is 0.497 e. The number of carbonyl (C=O) groups excluding carboxylic acids is 1. The fraction of sp³-hybridized carbons (Fsp3) is 0.250. The van der Waals surface area contributed by atoms with Crippen LogP contribution in [0.15, 0.2) is 30.8 Å². The van der Waals surface area contributed by atoms with Crippen LogP contribution in [0, 0.1) is 6.92 Å². The number of hydrogen-bond donors (Lipinski definition) is 0. The number of aryl methyl sites for hydroxylation is 1. The van der Waals surface area contributed by atoms with Crippen LogP contribution in [-0.2, 0) is 6.54 Å². The lowest BCUT2D eigenvalue weighted by molar-refractivity contribution is 0.100. The minimum atomic E-state index is -0.640. The van der Waals surface area contributed by atoms with E-state index in [0.717, 1.165) is 11.3 Å². The van der Waals surface area contributed by atoms with Crippen molar-refractivity contribution in [1.82, 2.24) is 9.78 Å². The first kappa shape index (κ1) is 15.0. The van der Waals surface area contributed by atoms with Gasteiger partial charge in [0.25, 0.3) is 0 Å². The lowest BCUT2D eigenvalue weighted by atomic mass is 10.1. The van der Waals surface area contributed by atoms with Gasteiger partial charge in [-0.2, -0.15) is 5.10 Å². The Morgan fingerprint density at radius 1 is 1.38 bits per heavy atom. The van der Waals surface area contributed by atoms with Crippen molar-refractivity contribution in [2.75, 3.05) is 7.11 Å². The Morgan fingerprint density at radius 3 is 2.48 bits per heavy atom. The second-order valence-electron chi connectivity index (χ2n) is 4.78. The predicted molar refractivity (Wildman–Crippen MR) is 79.2 cm³/mol. The van der Waals surface area contributed by atoms with E-state index in [1.807, 2.05) is 24.3 Å². The van der Waals surface area contributed by atoms with Crippen LogP contribution in [-0.4, -0.2) is 22.7 Å². The quantitative estimate of drug-likeness (QED) is 0.792. The molecule has 0 atom stereocenters. The van der Waals surface area contributed by atoms with E-state index in [9.17, 15) is 9.18 Å². The van der Waals surface area contributed by atoms with Crippen LogP contribution in [0.1, 0.15) is 34.2 Å². The molecule has 1 aromatic heterocycles. The maximum atomic E-state index is 13.5. The van der Waals surface area contributed by atoms with E-state index in [1.54, 1.807) is 14.0 Å². The number of aromatic nitrogens is 2. The standard InChI is InChI=1S/C16H17FN2O2/c1-10(17)15-11(2)18-19(16(15)12(3)20)9-13-5-7-14(21-4)8-6-13/h5-8H,1,9H2,2-4H3.